The largest absolute Gasteiger partial charge is 0.492 e. The summed E-state index contributed by atoms with van der Waals surface area (Å²) in [6, 6.07) is 19.1. The van der Waals surface area contributed by atoms with Crippen molar-refractivity contribution in [1.29, 1.82) is 0 Å². The maximum Gasteiger partial charge on any atom is 0.286 e. The van der Waals surface area contributed by atoms with Crippen LogP contribution in [0.2, 0.25) is 0 Å². The second-order valence-electron chi connectivity index (χ2n) is 7.23. The van der Waals surface area contributed by atoms with Gasteiger partial charge in [-0.05, 0) is 41.8 Å². The van der Waals surface area contributed by atoms with Crippen LogP contribution < -0.4 is 19.7 Å². The topological polar surface area (TPSA) is 80.8 Å². The molecule has 7 nitrogen and oxygen atoms in total. The Kier molecular flexibility index (Phi) is 5.92. The number of ether oxygens (including phenoxy) is 2. The number of nitrogens with one attached hydrogen (secondary N) is 1. The molecule has 1 N–H and O–H groups in total. The minimum absolute atomic E-state index is 0.114. The average Bonchev–Trinajstić information content (AvgIpc) is 3.20. The summed E-state index contributed by atoms with van der Waals surface area (Å²) in [7, 11) is 1.39. The molecular formula is C25H25N3O4S. The summed E-state index contributed by atoms with van der Waals surface area (Å²) in [6.07, 6.45) is 1.78. The minimum Gasteiger partial charge on any atom is -0.492 e. The van der Waals surface area contributed by atoms with Gasteiger partial charge in [0.1, 0.15) is 30.5 Å². The molecule has 1 unspecified atom stereocenters. The van der Waals surface area contributed by atoms with E-state index in [0.717, 1.165) is 27.8 Å². The van der Waals surface area contributed by atoms with Crippen molar-refractivity contribution in [1.82, 2.24) is 10.3 Å². The number of anilines is 1. The number of pyridine rings is 1. The van der Waals surface area contributed by atoms with Gasteiger partial charge in [0.05, 0.1) is 23.4 Å². The number of thioether (sulfide) groups is 1. The van der Waals surface area contributed by atoms with Crippen LogP contribution in [-0.4, -0.2) is 41.5 Å². The van der Waals surface area contributed by atoms with Gasteiger partial charge in [-0.2, -0.15) is 0 Å². The van der Waals surface area contributed by atoms with Crippen LogP contribution in [0.3, 0.4) is 0 Å². The number of nitrogens with zero attached hydrogens (tertiary/aromatic N) is 2. The molecule has 170 valence electrons. The molecule has 0 saturated carbocycles. The quantitative estimate of drug-likeness (QED) is 0.481. The predicted molar refractivity (Wildman–Crippen MR) is 129 cm³/mol. The Bertz CT molecular complexity index is 1250. The normalized spacial score (nSPS) is 17.9. The number of likely N-dealkylation sites (N-methyl/N-ethyl adjacent to an activating group) is 1. The first-order valence-electron chi connectivity index (χ1n) is 12.2. The number of imide groups is 1. The van der Waals surface area contributed by atoms with E-state index in [0.29, 0.717) is 18.8 Å². The highest BCUT2D eigenvalue weighted by molar-refractivity contribution is 8.15. The van der Waals surface area contributed by atoms with E-state index in [1.807, 2.05) is 30.3 Å². The third kappa shape index (κ3) is 6.49. The lowest BCUT2D eigenvalue weighted by molar-refractivity contribution is -0.118. The fraction of sp³-hybridized carbons (Fsp3) is 0.240. The van der Waals surface area contributed by atoms with Gasteiger partial charge in [0.15, 0.2) is 0 Å². The second-order valence-corrected chi connectivity index (χ2v) is 8.41. The molecule has 1 aliphatic heterocycles. The number of carbonyl (C=O) groups is 2. The van der Waals surface area contributed by atoms with Crippen molar-refractivity contribution in [3.63, 3.8) is 0 Å². The lowest BCUT2D eigenvalue weighted by Crippen LogP contribution is -2.25. The van der Waals surface area contributed by atoms with Crippen molar-refractivity contribution in [2.24, 2.45) is 0 Å². The lowest BCUT2D eigenvalue weighted by atomic mass is 10.1. The predicted octanol–water partition coefficient (Wildman–Crippen LogP) is 4.07. The van der Waals surface area contributed by atoms with Gasteiger partial charge in [0.2, 0.25) is 5.91 Å². The fourth-order valence-electron chi connectivity index (χ4n) is 3.04. The van der Waals surface area contributed by atoms with Gasteiger partial charge in [0, 0.05) is 7.05 Å². The van der Waals surface area contributed by atoms with Crippen molar-refractivity contribution in [2.75, 3.05) is 25.0 Å². The summed E-state index contributed by atoms with van der Waals surface area (Å²) in [6.45, 7) is -4.98. The van der Waals surface area contributed by atoms with E-state index in [4.69, 9.17) is 15.0 Å². The zero-order valence-electron chi connectivity index (χ0n) is 21.9. The zero-order chi connectivity index (χ0) is 26.6. The van der Waals surface area contributed by atoms with E-state index in [1.165, 1.54) is 25.4 Å². The Balaban J connectivity index is 1.37. The van der Waals surface area contributed by atoms with Crippen LogP contribution in [-0.2, 0) is 17.8 Å². The first kappa shape index (κ1) is 18.0. The Hall–Kier alpha value is -3.52. The van der Waals surface area contributed by atoms with Crippen LogP contribution in [0, 0.1) is 0 Å². The van der Waals surface area contributed by atoms with E-state index in [2.05, 4.69) is 10.3 Å². The third-order valence-electron chi connectivity index (χ3n) is 4.81. The van der Waals surface area contributed by atoms with Gasteiger partial charge in [-0.25, -0.2) is 4.98 Å². The molecule has 0 radical (unpaired) electrons. The maximum absolute atomic E-state index is 11.8. The van der Waals surface area contributed by atoms with Gasteiger partial charge < -0.3 is 14.4 Å². The molecule has 1 aromatic heterocycles. The molecule has 0 spiro atoms. The summed E-state index contributed by atoms with van der Waals surface area (Å²) in [5.74, 6) is 0.469. The lowest BCUT2D eigenvalue weighted by Gasteiger charge is -2.18. The molecule has 2 aromatic carbocycles. The SMILES string of the molecule is [2H]C([2H])(Oc1ccc(CC2SC(=O)NC2=O)cc1)C([2H])([2H])N(C)c1ccc(OCc2ccccc2)cn1. The summed E-state index contributed by atoms with van der Waals surface area (Å²) < 4.78 is 44.6. The fourth-order valence-corrected chi connectivity index (χ4v) is 3.90. The highest BCUT2D eigenvalue weighted by atomic mass is 32.2. The molecule has 1 fully saturated rings. The van der Waals surface area contributed by atoms with Crippen LogP contribution in [0.1, 0.15) is 16.6 Å². The van der Waals surface area contributed by atoms with E-state index >= 15 is 0 Å². The molecular weight excluding hydrogens is 438 g/mol. The van der Waals surface area contributed by atoms with E-state index in [9.17, 15) is 9.59 Å². The van der Waals surface area contributed by atoms with Gasteiger partial charge in [-0.3, -0.25) is 14.9 Å². The molecule has 3 aromatic rings. The Morgan fingerprint density at radius 3 is 2.42 bits per heavy atom. The van der Waals surface area contributed by atoms with Crippen molar-refractivity contribution in [3.05, 3.63) is 84.1 Å². The molecule has 8 heteroatoms. The molecule has 4 rings (SSSR count). The van der Waals surface area contributed by atoms with Crippen molar-refractivity contribution >= 4 is 28.7 Å². The van der Waals surface area contributed by atoms with E-state index in [-0.39, 0.29) is 22.7 Å². The number of amides is 2. The minimum atomic E-state index is -2.75. The summed E-state index contributed by atoms with van der Waals surface area (Å²) in [5.41, 5.74) is 1.76. The van der Waals surface area contributed by atoms with Gasteiger partial charge in [0.25, 0.3) is 5.24 Å². The summed E-state index contributed by atoms with van der Waals surface area (Å²) in [5, 5.41) is 1.34. The van der Waals surface area contributed by atoms with Crippen LogP contribution in [0.4, 0.5) is 10.6 Å². The molecule has 33 heavy (non-hydrogen) atoms. The molecule has 0 aliphatic carbocycles. The van der Waals surface area contributed by atoms with Crippen molar-refractivity contribution in [2.45, 2.75) is 18.3 Å². The number of hydrogen-bond acceptors (Lipinski definition) is 7. The number of rotatable bonds is 10. The smallest absolute Gasteiger partial charge is 0.286 e. The Labute approximate surface area is 202 Å². The van der Waals surface area contributed by atoms with Gasteiger partial charge in [-0.1, -0.05) is 54.2 Å². The van der Waals surface area contributed by atoms with Crippen molar-refractivity contribution < 1.29 is 24.5 Å². The van der Waals surface area contributed by atoms with Crippen LogP contribution in [0.5, 0.6) is 11.5 Å². The van der Waals surface area contributed by atoms with Crippen molar-refractivity contribution in [3.8, 4) is 11.5 Å². The monoisotopic (exact) mass is 467 g/mol. The Morgan fingerprint density at radius 1 is 1.00 bits per heavy atom. The standard InChI is InChI=1S/C25H25N3O4S/c1-28(23-12-11-21(16-26-23)32-17-19-5-3-2-4-6-19)13-14-31-20-9-7-18(8-10-20)15-22-24(29)27-25(30)33-22/h2-12,16,22H,13-15,17H2,1H3,(H,27,29,30)/i13D2,14D2. The number of benzene rings is 2. The molecule has 1 aliphatic rings. The van der Waals surface area contributed by atoms with Gasteiger partial charge in [-0.15, -0.1) is 0 Å². The number of aromatic nitrogens is 1. The average molecular weight is 468 g/mol. The van der Waals surface area contributed by atoms with Crippen LogP contribution in [0.15, 0.2) is 72.9 Å². The molecule has 2 amide bonds. The summed E-state index contributed by atoms with van der Waals surface area (Å²) in [4.78, 5) is 28.4. The molecule has 0 bridgehead atoms. The highest BCUT2D eigenvalue weighted by Crippen LogP contribution is 2.24. The third-order valence-corrected chi connectivity index (χ3v) is 5.79. The Morgan fingerprint density at radius 2 is 1.76 bits per heavy atom. The van der Waals surface area contributed by atoms with E-state index < -0.39 is 18.3 Å². The highest BCUT2D eigenvalue weighted by Gasteiger charge is 2.31. The number of hydrogen-bond donors (Lipinski definition) is 1. The summed E-state index contributed by atoms with van der Waals surface area (Å²) >= 11 is 0.930. The molecule has 2 heterocycles. The zero-order valence-corrected chi connectivity index (χ0v) is 18.7. The second kappa shape index (κ2) is 10.9. The molecule has 1 atom stereocenters. The van der Waals surface area contributed by atoms with Crippen LogP contribution in [0.25, 0.3) is 0 Å². The van der Waals surface area contributed by atoms with Crippen LogP contribution >= 0.6 is 11.8 Å². The van der Waals surface area contributed by atoms with E-state index in [1.54, 1.807) is 24.3 Å². The first-order valence-corrected chi connectivity index (χ1v) is 11.1. The number of carbonyl (C=O) groups excluding carboxylic acids is 2. The first-order chi connectivity index (χ1) is 17.5. The maximum atomic E-state index is 11.8. The van der Waals surface area contributed by atoms with Gasteiger partial charge >= 0.3 is 0 Å². The molecule has 1 saturated heterocycles.